The van der Waals surface area contributed by atoms with Gasteiger partial charge >= 0.3 is 0 Å². The lowest BCUT2D eigenvalue weighted by Crippen LogP contribution is -2.45. The van der Waals surface area contributed by atoms with Gasteiger partial charge in [0, 0.05) is 5.50 Å². The number of aliphatic hydroxyl groups is 1. The highest BCUT2D eigenvalue weighted by atomic mass is 31.1. The van der Waals surface area contributed by atoms with E-state index in [-0.39, 0.29) is 0 Å². The molecule has 1 unspecified atom stereocenters. The largest absolute Gasteiger partial charge is 0.399 e. The first kappa shape index (κ1) is 19.2. The Labute approximate surface area is 166 Å². The molecule has 2 aromatic carbocycles. The fraction of sp³-hybridized carbons (Fsp3) is 0.500. The van der Waals surface area contributed by atoms with Crippen molar-refractivity contribution in [1.29, 1.82) is 0 Å². The van der Waals surface area contributed by atoms with Gasteiger partial charge in [0.1, 0.15) is 7.85 Å². The Balaban J connectivity index is 1.80. The van der Waals surface area contributed by atoms with E-state index in [1.807, 2.05) is 0 Å². The summed E-state index contributed by atoms with van der Waals surface area (Å²) < 4.78 is 0. The molecular formula is C24H32BOP. The highest BCUT2D eigenvalue weighted by molar-refractivity contribution is 7.73. The highest BCUT2D eigenvalue weighted by Crippen LogP contribution is 2.55. The molecular weight excluding hydrogens is 346 g/mol. The molecule has 0 aromatic heterocycles. The zero-order chi connectivity index (χ0) is 18.7. The molecule has 3 heteroatoms. The second-order valence-corrected chi connectivity index (χ2v) is 11.2. The molecule has 2 aliphatic carbocycles. The Hall–Kier alpha value is -1.11. The molecule has 1 nitrogen and oxygen atoms in total. The van der Waals surface area contributed by atoms with Gasteiger partial charge in [-0.05, 0) is 61.7 Å². The van der Waals surface area contributed by atoms with E-state index in [2.05, 4.69) is 68.5 Å². The zero-order valence-corrected chi connectivity index (χ0v) is 17.5. The lowest BCUT2D eigenvalue weighted by atomic mass is 9.68. The number of hydrogen-bond donors (Lipinski definition) is 1. The molecule has 1 N–H and O–H groups in total. The van der Waals surface area contributed by atoms with Crippen LogP contribution in [0.3, 0.4) is 0 Å². The molecule has 0 saturated heterocycles. The molecule has 2 aromatic rings. The van der Waals surface area contributed by atoms with Gasteiger partial charge in [-0.15, -0.1) is 0 Å². The van der Waals surface area contributed by atoms with Crippen LogP contribution in [-0.2, 0) is 0 Å². The normalized spacial score (nSPS) is 27.7. The van der Waals surface area contributed by atoms with Crippen molar-refractivity contribution < 1.29 is 5.11 Å². The third-order valence-electron chi connectivity index (χ3n) is 6.91. The lowest BCUT2D eigenvalue weighted by Gasteiger charge is -2.44. The Morgan fingerprint density at radius 3 is 1.85 bits per heavy atom. The first-order valence-corrected chi connectivity index (χ1v) is 12.2. The van der Waals surface area contributed by atoms with Crippen LogP contribution in [0.1, 0.15) is 51.4 Å². The molecule has 0 heterocycles. The van der Waals surface area contributed by atoms with Gasteiger partial charge in [0.2, 0.25) is 0 Å². The molecule has 0 spiro atoms. The molecule has 3 atom stereocenters. The third-order valence-corrected chi connectivity index (χ3v) is 10.00. The summed E-state index contributed by atoms with van der Waals surface area (Å²) in [5, 5.41) is 14.3. The van der Waals surface area contributed by atoms with E-state index in [4.69, 9.17) is 0 Å². The van der Waals surface area contributed by atoms with Crippen molar-refractivity contribution in [3.8, 4) is 0 Å². The molecule has 4 rings (SSSR count). The standard InChI is InChI=1S/C24H32BOP/c25-24(26)18-10-17-22(24)23(19-11-4-1-5-12-19)27(20-13-6-2-7-14-20)21-15-8-3-9-16-21/h2-3,6-9,13-16,19,22-23,26H,1,4-5,10-12,17-18,25H2/t22-,23?,24-/m1/s1. The molecule has 0 aliphatic heterocycles. The van der Waals surface area contributed by atoms with E-state index >= 15 is 0 Å². The minimum absolute atomic E-state index is 0.423. The lowest BCUT2D eigenvalue weighted by molar-refractivity contribution is 0.0729. The van der Waals surface area contributed by atoms with E-state index in [0.29, 0.717) is 11.6 Å². The molecule has 2 aliphatic rings. The topological polar surface area (TPSA) is 20.2 Å². The van der Waals surface area contributed by atoms with Crippen LogP contribution in [0.25, 0.3) is 0 Å². The predicted molar refractivity (Wildman–Crippen MR) is 120 cm³/mol. The minimum atomic E-state index is -0.508. The molecule has 0 radical (unpaired) electrons. The number of benzene rings is 2. The fourth-order valence-corrected chi connectivity index (χ4v) is 9.10. The number of hydrogen-bond acceptors (Lipinski definition) is 1. The van der Waals surface area contributed by atoms with E-state index in [0.717, 1.165) is 12.3 Å². The summed E-state index contributed by atoms with van der Waals surface area (Å²) in [5.74, 6) is 1.17. The maximum atomic E-state index is 11.3. The highest BCUT2D eigenvalue weighted by Gasteiger charge is 2.47. The van der Waals surface area contributed by atoms with Crippen LogP contribution >= 0.6 is 7.92 Å². The van der Waals surface area contributed by atoms with Gasteiger partial charge in [0.15, 0.2) is 0 Å². The Morgan fingerprint density at radius 1 is 0.815 bits per heavy atom. The zero-order valence-electron chi connectivity index (χ0n) is 16.6. The van der Waals surface area contributed by atoms with Crippen LogP contribution in [0.2, 0.25) is 0 Å². The van der Waals surface area contributed by atoms with E-state index < -0.39 is 13.4 Å². The van der Waals surface area contributed by atoms with Crippen LogP contribution < -0.4 is 10.6 Å². The molecule has 0 bridgehead atoms. The summed E-state index contributed by atoms with van der Waals surface area (Å²) in [7, 11) is 1.65. The smallest absolute Gasteiger partial charge is 0.143 e. The molecule has 142 valence electrons. The van der Waals surface area contributed by atoms with Gasteiger partial charge in [-0.1, -0.05) is 86.3 Å². The third kappa shape index (κ3) is 4.18. The first-order chi connectivity index (χ1) is 13.2. The van der Waals surface area contributed by atoms with Crippen LogP contribution in [0.5, 0.6) is 0 Å². The summed E-state index contributed by atoms with van der Waals surface area (Å²) >= 11 is 0. The van der Waals surface area contributed by atoms with Gasteiger partial charge in [0.05, 0.1) is 0 Å². The molecule has 2 fully saturated rings. The minimum Gasteiger partial charge on any atom is -0.399 e. The van der Waals surface area contributed by atoms with Crippen molar-refractivity contribution in [1.82, 2.24) is 0 Å². The Bertz CT molecular complexity index is 672. The second kappa shape index (κ2) is 8.50. The molecule has 0 amide bonds. The van der Waals surface area contributed by atoms with Crippen LogP contribution in [0, 0.1) is 11.8 Å². The molecule has 2 saturated carbocycles. The maximum absolute atomic E-state index is 11.3. The van der Waals surface area contributed by atoms with E-state index in [1.54, 1.807) is 0 Å². The summed E-state index contributed by atoms with van der Waals surface area (Å²) in [6.07, 6.45) is 10.1. The van der Waals surface area contributed by atoms with Crippen molar-refractivity contribution in [2.45, 2.75) is 62.5 Å². The van der Waals surface area contributed by atoms with Crippen molar-refractivity contribution in [2.24, 2.45) is 11.8 Å². The first-order valence-electron chi connectivity index (χ1n) is 10.8. The van der Waals surface area contributed by atoms with Gasteiger partial charge in [-0.2, -0.15) is 0 Å². The second-order valence-electron chi connectivity index (χ2n) is 8.79. The maximum Gasteiger partial charge on any atom is 0.143 e. The average Bonchev–Trinajstić information content (AvgIpc) is 3.06. The predicted octanol–water partition coefficient (Wildman–Crippen LogP) is 4.19. The average molecular weight is 378 g/mol. The number of rotatable bonds is 5. The van der Waals surface area contributed by atoms with Gasteiger partial charge in [-0.25, -0.2) is 0 Å². The van der Waals surface area contributed by atoms with Crippen LogP contribution in [0.4, 0.5) is 0 Å². The summed E-state index contributed by atoms with van der Waals surface area (Å²) in [5.41, 5.74) is 0.0781. The quantitative estimate of drug-likeness (QED) is 0.611. The van der Waals surface area contributed by atoms with Crippen molar-refractivity contribution in [3.05, 3.63) is 60.7 Å². The van der Waals surface area contributed by atoms with Crippen LogP contribution in [0.15, 0.2) is 60.7 Å². The SMILES string of the molecule is B[C@@]1(O)CCC[C@@H]1C(C1CCCCC1)P(c1ccccc1)c1ccccc1. The van der Waals surface area contributed by atoms with E-state index in [1.165, 1.54) is 55.6 Å². The monoisotopic (exact) mass is 378 g/mol. The van der Waals surface area contributed by atoms with E-state index in [9.17, 15) is 5.11 Å². The molecule has 27 heavy (non-hydrogen) atoms. The van der Waals surface area contributed by atoms with Crippen molar-refractivity contribution >= 4 is 26.4 Å². The Morgan fingerprint density at radius 2 is 1.37 bits per heavy atom. The van der Waals surface area contributed by atoms with Gasteiger partial charge in [0.25, 0.3) is 0 Å². The summed E-state index contributed by atoms with van der Waals surface area (Å²) in [6, 6.07) is 22.4. The van der Waals surface area contributed by atoms with Crippen LogP contribution in [-0.4, -0.2) is 24.1 Å². The van der Waals surface area contributed by atoms with Gasteiger partial charge < -0.3 is 5.11 Å². The van der Waals surface area contributed by atoms with Crippen molar-refractivity contribution in [2.75, 3.05) is 0 Å². The van der Waals surface area contributed by atoms with Crippen molar-refractivity contribution in [3.63, 3.8) is 0 Å². The summed E-state index contributed by atoms with van der Waals surface area (Å²) in [6.45, 7) is 0. The van der Waals surface area contributed by atoms with Gasteiger partial charge in [-0.3, -0.25) is 0 Å². The Kier molecular flexibility index (Phi) is 6.05. The summed E-state index contributed by atoms with van der Waals surface area (Å²) in [4.78, 5) is 0. The fourth-order valence-electron chi connectivity index (χ4n) is 5.58.